The average molecular weight is 300 g/mol. The fourth-order valence-corrected chi connectivity index (χ4v) is 3.71. The third kappa shape index (κ3) is 1.22. The van der Waals surface area contributed by atoms with Gasteiger partial charge in [-0.05, 0) is 17.7 Å². The van der Waals surface area contributed by atoms with Gasteiger partial charge in [0, 0.05) is 20.1 Å². The second-order valence-corrected chi connectivity index (χ2v) is 5.31. The molecule has 0 unspecified atom stereocenters. The Kier molecular flexibility index (Phi) is 2.80. The van der Waals surface area contributed by atoms with E-state index in [9.17, 15) is 14.9 Å². The van der Waals surface area contributed by atoms with Crippen molar-refractivity contribution in [3.63, 3.8) is 0 Å². The lowest BCUT2D eigenvalue weighted by Crippen LogP contribution is -2.41. The van der Waals surface area contributed by atoms with Gasteiger partial charge in [-0.15, -0.1) is 0 Å². The van der Waals surface area contributed by atoms with Gasteiger partial charge in [-0.1, -0.05) is 12.1 Å². The van der Waals surface area contributed by atoms with Gasteiger partial charge < -0.3 is 15.2 Å². The van der Waals surface area contributed by atoms with Crippen LogP contribution in [-0.4, -0.2) is 26.0 Å². The van der Waals surface area contributed by atoms with Crippen LogP contribution in [0.2, 0.25) is 0 Å². The summed E-state index contributed by atoms with van der Waals surface area (Å²) in [7, 11) is 2.65. The first-order valence-corrected chi connectivity index (χ1v) is 6.53. The van der Waals surface area contributed by atoms with Crippen LogP contribution in [0.5, 0.6) is 0 Å². The van der Waals surface area contributed by atoms with Crippen LogP contribution in [0.3, 0.4) is 0 Å². The number of aliphatic imine (C=N–C) groups is 1. The van der Waals surface area contributed by atoms with Crippen LogP contribution < -0.4 is 5.73 Å². The van der Waals surface area contributed by atoms with Crippen molar-refractivity contribution in [1.82, 2.24) is 0 Å². The zero-order valence-corrected chi connectivity index (χ0v) is 12.0. The lowest BCUT2D eigenvalue weighted by atomic mass is 9.93. The molecule has 7 heteroatoms. The maximum Gasteiger partial charge on any atom is 0.292 e. The Balaban J connectivity index is 2.26. The smallest absolute Gasteiger partial charge is 0.292 e. The van der Waals surface area contributed by atoms with Crippen molar-refractivity contribution >= 4 is 5.84 Å². The summed E-state index contributed by atoms with van der Waals surface area (Å²) in [5.74, 6) is -2.85. The van der Waals surface area contributed by atoms with Gasteiger partial charge in [0.1, 0.15) is 17.1 Å². The first-order valence-electron chi connectivity index (χ1n) is 6.53. The number of nitrogens with zero attached hydrogens (tertiary/aromatic N) is 3. The van der Waals surface area contributed by atoms with Gasteiger partial charge in [0.2, 0.25) is 0 Å². The summed E-state index contributed by atoms with van der Waals surface area (Å²) in [6.45, 7) is 0. The maximum absolute atomic E-state index is 13.6. The molecule has 22 heavy (non-hydrogen) atoms. The fourth-order valence-electron chi connectivity index (χ4n) is 3.71. The average Bonchev–Trinajstić information content (AvgIpc) is 3.11. The molecule has 3 atom stereocenters. The van der Waals surface area contributed by atoms with Crippen molar-refractivity contribution in [2.75, 3.05) is 14.2 Å². The minimum Gasteiger partial charge on any atom is -0.386 e. The fraction of sp³-hybridized carbons (Fsp3) is 0.400. The summed E-state index contributed by atoms with van der Waals surface area (Å²) in [5.41, 5.74) is 3.59. The topological polar surface area (TPSA) is 104 Å². The second-order valence-electron chi connectivity index (χ2n) is 5.31. The number of nitriles is 2. The zero-order chi connectivity index (χ0) is 16.2. The minimum absolute atomic E-state index is 0.0329. The molecule has 1 aliphatic heterocycles. The molecule has 1 aromatic carbocycles. The minimum atomic E-state index is -1.68. The van der Waals surface area contributed by atoms with Crippen LogP contribution in [0.1, 0.15) is 11.5 Å². The molecular formula is C15H13FN4O2. The lowest BCUT2D eigenvalue weighted by molar-refractivity contribution is -0.230. The maximum atomic E-state index is 13.6. The van der Waals surface area contributed by atoms with Gasteiger partial charge >= 0.3 is 0 Å². The summed E-state index contributed by atoms with van der Waals surface area (Å²) in [5, 5.41) is 19.5. The number of nitrogens with two attached hydrogens (primary N) is 1. The molecule has 0 amide bonds. The highest BCUT2D eigenvalue weighted by atomic mass is 19.1. The van der Waals surface area contributed by atoms with E-state index in [0.717, 1.165) is 0 Å². The van der Waals surface area contributed by atoms with E-state index >= 15 is 0 Å². The number of benzene rings is 1. The third-order valence-electron chi connectivity index (χ3n) is 4.66. The largest absolute Gasteiger partial charge is 0.386 e. The molecule has 0 aromatic heterocycles. The number of amidine groups is 1. The highest BCUT2D eigenvalue weighted by Crippen LogP contribution is 2.81. The Morgan fingerprint density at radius 1 is 1.27 bits per heavy atom. The first-order chi connectivity index (χ1) is 10.5. The van der Waals surface area contributed by atoms with Crippen LogP contribution in [0.15, 0.2) is 29.3 Å². The van der Waals surface area contributed by atoms with Gasteiger partial charge in [0.15, 0.2) is 5.41 Å². The molecule has 0 saturated heterocycles. The number of hydrogen-bond donors (Lipinski definition) is 1. The van der Waals surface area contributed by atoms with E-state index in [1.54, 1.807) is 6.07 Å². The summed E-state index contributed by atoms with van der Waals surface area (Å²) in [6, 6.07) is 9.93. The van der Waals surface area contributed by atoms with Crippen molar-refractivity contribution in [2.45, 2.75) is 11.8 Å². The molecule has 1 fully saturated rings. The lowest BCUT2D eigenvalue weighted by Gasteiger charge is -2.29. The van der Waals surface area contributed by atoms with Crippen LogP contribution >= 0.6 is 0 Å². The molecule has 2 aliphatic rings. The highest BCUT2D eigenvalue weighted by Gasteiger charge is 2.93. The first kappa shape index (κ1) is 14.5. The number of fused-ring (bicyclic) bond motifs is 1. The molecule has 1 aliphatic carbocycles. The number of rotatable bonds is 3. The van der Waals surface area contributed by atoms with Crippen LogP contribution in [0.4, 0.5) is 4.39 Å². The Labute approximate surface area is 126 Å². The molecule has 3 rings (SSSR count). The van der Waals surface area contributed by atoms with Gasteiger partial charge in [0.25, 0.3) is 5.91 Å². The van der Waals surface area contributed by atoms with E-state index in [4.69, 9.17) is 15.2 Å². The molecule has 1 saturated carbocycles. The monoisotopic (exact) mass is 300 g/mol. The van der Waals surface area contributed by atoms with E-state index < -0.39 is 28.5 Å². The molecule has 0 bridgehead atoms. The standard InChI is InChI=1S/C15H13FN4O2/c1-21-15(22-2)14(8-18)11(9-4-3-5-10(16)6-9)13(14,7-17)12(19)20-15/h3-6,11H,1-2H3,(H2,19,20)/t11-,13+,14-/m0/s1. The van der Waals surface area contributed by atoms with E-state index in [1.165, 1.54) is 32.4 Å². The van der Waals surface area contributed by atoms with Crippen molar-refractivity contribution in [3.8, 4) is 12.1 Å². The van der Waals surface area contributed by atoms with Gasteiger partial charge in [-0.25, -0.2) is 9.38 Å². The molecule has 1 aromatic rings. The van der Waals surface area contributed by atoms with Crippen LogP contribution in [0.25, 0.3) is 0 Å². The van der Waals surface area contributed by atoms with E-state index in [-0.39, 0.29) is 5.84 Å². The zero-order valence-electron chi connectivity index (χ0n) is 12.0. The third-order valence-corrected chi connectivity index (χ3v) is 4.66. The molecule has 6 nitrogen and oxygen atoms in total. The number of methoxy groups -OCH3 is 2. The normalized spacial score (nSPS) is 34.2. The van der Waals surface area contributed by atoms with E-state index in [1.807, 2.05) is 0 Å². The number of hydrogen-bond acceptors (Lipinski definition) is 6. The number of ether oxygens (including phenoxy) is 2. The van der Waals surface area contributed by atoms with Crippen molar-refractivity contribution in [2.24, 2.45) is 21.6 Å². The Hall–Kier alpha value is -2.48. The Morgan fingerprint density at radius 2 is 1.95 bits per heavy atom. The predicted molar refractivity (Wildman–Crippen MR) is 73.6 cm³/mol. The predicted octanol–water partition coefficient (Wildman–Crippen LogP) is 1.26. The number of halogens is 1. The SMILES string of the molecule is COC1(OC)N=C(N)[C@@]2(C#N)[C@H](c3cccc(F)c3)[C@]12C#N. The van der Waals surface area contributed by atoms with Gasteiger partial charge in [-0.3, -0.25) is 0 Å². The van der Waals surface area contributed by atoms with E-state index in [2.05, 4.69) is 17.1 Å². The van der Waals surface area contributed by atoms with Crippen LogP contribution in [0, 0.1) is 39.3 Å². The molecular weight excluding hydrogens is 287 g/mol. The Morgan fingerprint density at radius 3 is 2.45 bits per heavy atom. The van der Waals surface area contributed by atoms with Crippen molar-refractivity contribution < 1.29 is 13.9 Å². The summed E-state index contributed by atoms with van der Waals surface area (Å²) >= 11 is 0. The second kappa shape index (κ2) is 4.26. The molecule has 1 heterocycles. The molecule has 2 N–H and O–H groups in total. The molecule has 0 radical (unpaired) electrons. The van der Waals surface area contributed by atoms with Crippen molar-refractivity contribution in [3.05, 3.63) is 35.6 Å². The van der Waals surface area contributed by atoms with Gasteiger partial charge in [-0.2, -0.15) is 10.5 Å². The van der Waals surface area contributed by atoms with Crippen LogP contribution in [-0.2, 0) is 9.47 Å². The summed E-state index contributed by atoms with van der Waals surface area (Å²) < 4.78 is 24.2. The Bertz CT molecular complexity index is 762. The van der Waals surface area contributed by atoms with E-state index in [0.29, 0.717) is 5.56 Å². The molecule has 112 valence electrons. The van der Waals surface area contributed by atoms with Crippen molar-refractivity contribution in [1.29, 1.82) is 10.5 Å². The molecule has 0 spiro atoms. The highest BCUT2D eigenvalue weighted by molar-refractivity contribution is 6.00. The summed E-state index contributed by atoms with van der Waals surface area (Å²) in [6.07, 6.45) is 0. The summed E-state index contributed by atoms with van der Waals surface area (Å²) in [4.78, 5) is 4.08. The van der Waals surface area contributed by atoms with Gasteiger partial charge in [0.05, 0.1) is 12.1 Å². The quantitative estimate of drug-likeness (QED) is 0.846.